The van der Waals surface area contributed by atoms with Gasteiger partial charge in [0.1, 0.15) is 11.6 Å². The van der Waals surface area contributed by atoms with Crippen molar-refractivity contribution < 1.29 is 25.5 Å². The van der Waals surface area contributed by atoms with Gasteiger partial charge in [0.05, 0.1) is 0 Å². The van der Waals surface area contributed by atoms with Gasteiger partial charge in [0.15, 0.2) is 0 Å². The predicted octanol–water partition coefficient (Wildman–Crippen LogP) is 4.26. The molecule has 0 aliphatic carbocycles. The van der Waals surface area contributed by atoms with Crippen LogP contribution in [0.4, 0.5) is 4.39 Å². The molecule has 0 aliphatic rings. The van der Waals surface area contributed by atoms with Crippen molar-refractivity contribution in [1.82, 2.24) is 0 Å². The predicted molar refractivity (Wildman–Crippen MR) is 60.7 cm³/mol. The van der Waals surface area contributed by atoms with Gasteiger partial charge in [0.2, 0.25) is 0 Å². The Labute approximate surface area is 111 Å². The Morgan fingerprint density at radius 2 is 1.75 bits per heavy atom. The van der Waals surface area contributed by atoms with E-state index >= 15 is 0 Å². The third-order valence-electron chi connectivity index (χ3n) is 1.73. The molecule has 4 heteroatoms. The van der Waals surface area contributed by atoms with Crippen LogP contribution in [0.15, 0.2) is 48.5 Å². The minimum absolute atomic E-state index is 0.267. The molecule has 2 aromatic carbocycles. The second-order valence-corrected chi connectivity index (χ2v) is 2.80. The number of halogens is 2. The van der Waals surface area contributed by atoms with Gasteiger partial charge in [0, 0.05) is 5.75 Å². The Bertz CT molecular complexity index is 405. The first-order valence-corrected chi connectivity index (χ1v) is 11.5. The van der Waals surface area contributed by atoms with E-state index in [1.807, 2.05) is 12.1 Å². The second kappa shape index (κ2) is 7.53. The Hall–Kier alpha value is -0.727. The Kier molecular flexibility index (Phi) is 6.28. The van der Waals surface area contributed by atoms with Crippen molar-refractivity contribution >= 4 is 13.6 Å². The van der Waals surface area contributed by atoms with Crippen molar-refractivity contribution in [2.24, 2.45) is 0 Å². The van der Waals surface area contributed by atoms with E-state index in [-0.39, 0.29) is 5.82 Å². The summed E-state index contributed by atoms with van der Waals surface area (Å²) in [5, 5.41) is 0. The first-order valence-electron chi connectivity index (χ1n) is 4.51. The maximum atomic E-state index is 12.6. The van der Waals surface area contributed by atoms with Crippen LogP contribution < -0.4 is 4.74 Å². The first kappa shape index (κ1) is 13.3. The number of benzene rings is 2. The fraction of sp³-hybridized carbons (Fsp3) is 0. The second-order valence-electron chi connectivity index (χ2n) is 2.80. The zero-order chi connectivity index (χ0) is 11.8. The summed E-state index contributed by atoms with van der Waals surface area (Å²) in [6.07, 6.45) is 0. The topological polar surface area (TPSA) is 9.23 Å². The summed E-state index contributed by atoms with van der Waals surface area (Å²) in [7, 11) is 0. The summed E-state index contributed by atoms with van der Waals surface area (Å²) < 4.78 is 18.0. The van der Waals surface area contributed by atoms with Gasteiger partial charge < -0.3 is 4.74 Å². The molecule has 0 heterocycles. The summed E-state index contributed by atoms with van der Waals surface area (Å²) in [6.45, 7) is 0. The molecule has 0 aromatic heterocycles. The SMILES string of the molecule is Fc1ccc(Oc2c[c-]ccc2)cc1.[Zn+][Br]. The average Bonchev–Trinajstić information content (AvgIpc) is 2.36. The molecule has 0 aliphatic heterocycles. The van der Waals surface area contributed by atoms with Crippen LogP contribution in [0.2, 0.25) is 0 Å². The van der Waals surface area contributed by atoms with Gasteiger partial charge in [-0.1, -0.05) is 0 Å². The zero-order valence-electron chi connectivity index (χ0n) is 8.49. The molecule has 0 atom stereocenters. The van der Waals surface area contributed by atoms with Gasteiger partial charge in [-0.2, -0.15) is 18.2 Å². The van der Waals surface area contributed by atoms with Gasteiger partial charge in [0.25, 0.3) is 0 Å². The van der Waals surface area contributed by atoms with E-state index in [0.717, 1.165) is 0 Å². The summed E-state index contributed by atoms with van der Waals surface area (Å²) in [5.74, 6) is 1.04. The minimum atomic E-state index is -0.267. The third-order valence-corrected chi connectivity index (χ3v) is 1.73. The van der Waals surface area contributed by atoms with Crippen LogP contribution in [-0.2, 0) is 16.3 Å². The number of hydrogen-bond donors (Lipinski definition) is 0. The Morgan fingerprint density at radius 1 is 1.06 bits per heavy atom. The first-order chi connectivity index (χ1) is 7.84. The van der Waals surface area contributed by atoms with Crippen LogP contribution >= 0.6 is 13.6 Å². The van der Waals surface area contributed by atoms with Crippen molar-refractivity contribution in [2.45, 2.75) is 0 Å². The molecule has 0 N–H and O–H groups in total. The van der Waals surface area contributed by atoms with Gasteiger partial charge >= 0.3 is 30.0 Å². The average molecular weight is 332 g/mol. The fourth-order valence-corrected chi connectivity index (χ4v) is 1.08. The number of hydrogen-bond acceptors (Lipinski definition) is 1. The Morgan fingerprint density at radius 3 is 2.31 bits per heavy atom. The van der Waals surface area contributed by atoms with Gasteiger partial charge in [-0.3, -0.25) is 0 Å². The monoisotopic (exact) mass is 330 g/mol. The molecule has 0 fully saturated rings. The van der Waals surface area contributed by atoms with E-state index in [1.165, 1.54) is 28.5 Å². The maximum absolute atomic E-state index is 12.6. The molecular formula is C12H8BrFOZn. The number of ether oxygens (including phenoxy) is 1. The van der Waals surface area contributed by atoms with E-state index in [9.17, 15) is 4.39 Å². The van der Waals surface area contributed by atoms with Crippen LogP contribution in [0.5, 0.6) is 11.5 Å². The molecule has 0 amide bonds. The third kappa shape index (κ3) is 4.42. The molecule has 0 unspecified atom stereocenters. The standard InChI is InChI=1S/C12H8FO.BrH.Zn/c13-10-6-8-12(9-7-10)14-11-4-2-1-3-5-11;;/h1-2,4-9H;1H;/q-1;;+2/p-1. The molecule has 16 heavy (non-hydrogen) atoms. The molecule has 2 rings (SSSR count). The van der Waals surface area contributed by atoms with E-state index in [0.29, 0.717) is 11.5 Å². The van der Waals surface area contributed by atoms with Crippen molar-refractivity contribution in [1.29, 1.82) is 0 Å². The molecule has 78 valence electrons. The van der Waals surface area contributed by atoms with Crippen molar-refractivity contribution in [3.8, 4) is 11.5 Å². The van der Waals surface area contributed by atoms with E-state index < -0.39 is 0 Å². The molecule has 0 bridgehead atoms. The Balaban J connectivity index is 0.000000606. The fourth-order valence-electron chi connectivity index (χ4n) is 1.08. The molecule has 2 aromatic rings. The molecule has 0 saturated heterocycles. The zero-order valence-corrected chi connectivity index (χ0v) is 13.0. The molecule has 0 saturated carbocycles. The van der Waals surface area contributed by atoms with Gasteiger partial charge in [-0.05, 0) is 24.3 Å². The summed E-state index contributed by atoms with van der Waals surface area (Å²) >= 11 is 4.25. The van der Waals surface area contributed by atoms with Gasteiger partial charge in [-0.15, -0.1) is 12.1 Å². The van der Waals surface area contributed by atoms with Crippen LogP contribution in [0.3, 0.4) is 0 Å². The summed E-state index contributed by atoms with van der Waals surface area (Å²) in [5.41, 5.74) is 0. The molecule has 1 nitrogen and oxygen atoms in total. The van der Waals surface area contributed by atoms with E-state index in [4.69, 9.17) is 4.74 Å². The van der Waals surface area contributed by atoms with Crippen LogP contribution in [0.1, 0.15) is 0 Å². The van der Waals surface area contributed by atoms with E-state index in [1.54, 1.807) is 24.3 Å². The van der Waals surface area contributed by atoms with Crippen molar-refractivity contribution in [3.63, 3.8) is 0 Å². The van der Waals surface area contributed by atoms with Crippen molar-refractivity contribution in [3.05, 3.63) is 60.4 Å². The summed E-state index contributed by atoms with van der Waals surface area (Å²) in [4.78, 5) is 0. The molecule has 0 spiro atoms. The molecule has 0 radical (unpaired) electrons. The normalized spacial score (nSPS) is 9.00. The number of rotatable bonds is 2. The van der Waals surface area contributed by atoms with Crippen molar-refractivity contribution in [2.75, 3.05) is 0 Å². The quantitative estimate of drug-likeness (QED) is 0.590. The van der Waals surface area contributed by atoms with Crippen LogP contribution in [-0.4, -0.2) is 0 Å². The van der Waals surface area contributed by atoms with Crippen LogP contribution in [0, 0.1) is 11.9 Å². The molecular weight excluding hydrogens is 324 g/mol. The van der Waals surface area contributed by atoms with Crippen LogP contribution in [0.25, 0.3) is 0 Å². The summed E-state index contributed by atoms with van der Waals surface area (Å²) in [6, 6.07) is 16.0. The van der Waals surface area contributed by atoms with E-state index in [2.05, 4.69) is 19.7 Å². The van der Waals surface area contributed by atoms with Gasteiger partial charge in [-0.25, -0.2) is 4.39 Å².